The fourth-order valence-corrected chi connectivity index (χ4v) is 1.46. The summed E-state index contributed by atoms with van der Waals surface area (Å²) in [6, 6.07) is 11.8. The highest BCUT2D eigenvalue weighted by Gasteiger charge is 2.07. The maximum atomic E-state index is 8.70. The van der Waals surface area contributed by atoms with Crippen molar-refractivity contribution >= 4 is 11.8 Å². The van der Waals surface area contributed by atoms with Gasteiger partial charge in [-0.25, -0.2) is 0 Å². The van der Waals surface area contributed by atoms with Gasteiger partial charge in [-0.3, -0.25) is 0 Å². The Morgan fingerprint density at radius 2 is 1.92 bits per heavy atom. The van der Waals surface area contributed by atoms with Crippen LogP contribution in [0.1, 0.15) is 5.56 Å². The van der Waals surface area contributed by atoms with Crippen LogP contribution in [0.5, 0.6) is 0 Å². The van der Waals surface area contributed by atoms with Gasteiger partial charge in [0.15, 0.2) is 0 Å². The summed E-state index contributed by atoms with van der Waals surface area (Å²) in [6.45, 7) is 0. The van der Waals surface area contributed by atoms with Crippen LogP contribution >= 0.6 is 11.8 Å². The molecule has 0 N–H and O–H groups in total. The van der Waals surface area contributed by atoms with Gasteiger partial charge in [-0.1, -0.05) is 30.3 Å². The summed E-state index contributed by atoms with van der Waals surface area (Å²) in [5, 5.41) is 18.8. The molecule has 0 radical (unpaired) electrons. The lowest BCUT2D eigenvalue weighted by Crippen LogP contribution is -2.02. The lowest BCUT2D eigenvalue weighted by atomic mass is 10.1. The van der Waals surface area contributed by atoms with Crippen molar-refractivity contribution in [1.29, 1.82) is 10.5 Å². The van der Waals surface area contributed by atoms with E-state index >= 15 is 0 Å². The summed E-state index contributed by atoms with van der Waals surface area (Å²) in [6.07, 6.45) is 0.634. The number of hydrogen-bond acceptors (Lipinski definition) is 3. The fraction of sp³-hybridized carbons (Fsp3) is 0.200. The summed E-state index contributed by atoms with van der Waals surface area (Å²) in [7, 11) is 0. The van der Waals surface area contributed by atoms with Crippen molar-refractivity contribution in [2.24, 2.45) is 0 Å². The van der Waals surface area contributed by atoms with Crippen molar-refractivity contribution in [2.45, 2.75) is 11.7 Å². The van der Waals surface area contributed by atoms with E-state index in [9.17, 15) is 0 Å². The van der Waals surface area contributed by atoms with Gasteiger partial charge in [-0.15, -0.1) is 0 Å². The Morgan fingerprint density at radius 3 is 2.46 bits per heavy atom. The SMILES string of the molecule is N#CS[C@H](C#N)Cc1ccccc1. The minimum atomic E-state index is -0.257. The number of rotatable bonds is 3. The number of benzene rings is 1. The summed E-state index contributed by atoms with van der Waals surface area (Å²) >= 11 is 1.02. The molecular weight excluding hydrogens is 180 g/mol. The topological polar surface area (TPSA) is 47.6 Å². The lowest BCUT2D eigenvalue weighted by Gasteiger charge is -2.02. The lowest BCUT2D eigenvalue weighted by molar-refractivity contribution is 1.03. The second-order valence-corrected chi connectivity index (χ2v) is 3.50. The van der Waals surface area contributed by atoms with Gasteiger partial charge >= 0.3 is 0 Å². The molecule has 0 heterocycles. The molecule has 1 aromatic carbocycles. The fourth-order valence-electron chi connectivity index (χ4n) is 1.01. The van der Waals surface area contributed by atoms with Crippen LogP contribution in [0, 0.1) is 22.0 Å². The number of thiocyanates is 1. The number of nitriles is 2. The van der Waals surface area contributed by atoms with Gasteiger partial charge in [-0.05, 0) is 23.7 Å². The highest BCUT2D eigenvalue weighted by Crippen LogP contribution is 2.14. The minimum absolute atomic E-state index is 0.257. The third kappa shape index (κ3) is 3.19. The van der Waals surface area contributed by atoms with Gasteiger partial charge in [0.2, 0.25) is 0 Å². The highest BCUT2D eigenvalue weighted by molar-refractivity contribution is 8.04. The van der Waals surface area contributed by atoms with Crippen molar-refractivity contribution in [3.8, 4) is 11.5 Å². The molecule has 2 nitrogen and oxygen atoms in total. The van der Waals surface area contributed by atoms with Crippen LogP contribution in [0.2, 0.25) is 0 Å². The van der Waals surface area contributed by atoms with Crippen molar-refractivity contribution in [2.75, 3.05) is 0 Å². The van der Waals surface area contributed by atoms with E-state index in [1.165, 1.54) is 0 Å². The molecule has 0 saturated heterocycles. The summed E-state index contributed by atoms with van der Waals surface area (Å²) in [5.41, 5.74) is 1.09. The average Bonchev–Trinajstić information content (AvgIpc) is 2.19. The number of nitrogens with zero attached hydrogens (tertiary/aromatic N) is 2. The van der Waals surface area contributed by atoms with Crippen LogP contribution in [0.25, 0.3) is 0 Å². The molecule has 1 rings (SSSR count). The molecule has 0 bridgehead atoms. The third-order valence-electron chi connectivity index (χ3n) is 1.60. The molecule has 0 amide bonds. The summed E-state index contributed by atoms with van der Waals surface area (Å²) in [5.74, 6) is 0. The maximum absolute atomic E-state index is 8.70. The Bertz CT molecular complexity index is 334. The predicted molar refractivity (Wildman–Crippen MR) is 52.8 cm³/mol. The zero-order chi connectivity index (χ0) is 9.52. The summed E-state index contributed by atoms with van der Waals surface area (Å²) in [4.78, 5) is 0. The van der Waals surface area contributed by atoms with Gasteiger partial charge < -0.3 is 0 Å². The molecule has 13 heavy (non-hydrogen) atoms. The molecule has 0 aliphatic heterocycles. The van der Waals surface area contributed by atoms with Crippen LogP contribution in [0.4, 0.5) is 0 Å². The van der Waals surface area contributed by atoms with E-state index in [0.717, 1.165) is 17.3 Å². The van der Waals surface area contributed by atoms with Crippen LogP contribution in [0.15, 0.2) is 30.3 Å². The quantitative estimate of drug-likeness (QED) is 0.684. The first-order valence-electron chi connectivity index (χ1n) is 3.85. The Balaban J connectivity index is 2.59. The Morgan fingerprint density at radius 1 is 1.23 bits per heavy atom. The highest BCUT2D eigenvalue weighted by atomic mass is 32.2. The molecule has 64 valence electrons. The monoisotopic (exact) mass is 188 g/mol. The third-order valence-corrected chi connectivity index (χ3v) is 2.26. The van der Waals surface area contributed by atoms with E-state index in [0.29, 0.717) is 6.42 Å². The largest absolute Gasteiger partial charge is 0.197 e. The van der Waals surface area contributed by atoms with Gasteiger partial charge in [0.05, 0.1) is 6.07 Å². The zero-order valence-electron chi connectivity index (χ0n) is 6.97. The number of hydrogen-bond donors (Lipinski definition) is 0. The molecule has 1 atom stereocenters. The van der Waals surface area contributed by atoms with Crippen LogP contribution in [-0.4, -0.2) is 5.25 Å². The summed E-state index contributed by atoms with van der Waals surface area (Å²) < 4.78 is 0. The molecule has 0 saturated carbocycles. The van der Waals surface area contributed by atoms with Crippen LogP contribution in [0.3, 0.4) is 0 Å². The van der Waals surface area contributed by atoms with Crippen molar-refractivity contribution in [3.05, 3.63) is 35.9 Å². The molecule has 0 fully saturated rings. The first-order chi connectivity index (χ1) is 6.36. The predicted octanol–water partition coefficient (Wildman–Crippen LogP) is 2.34. The van der Waals surface area contributed by atoms with Crippen LogP contribution in [-0.2, 0) is 6.42 Å². The van der Waals surface area contributed by atoms with E-state index < -0.39 is 0 Å². The van der Waals surface area contributed by atoms with E-state index in [-0.39, 0.29) is 5.25 Å². The maximum Gasteiger partial charge on any atom is 0.134 e. The molecule has 1 aromatic rings. The van der Waals surface area contributed by atoms with Crippen molar-refractivity contribution in [1.82, 2.24) is 0 Å². The molecule has 3 heteroatoms. The number of thioether (sulfide) groups is 1. The van der Waals surface area contributed by atoms with E-state index in [2.05, 4.69) is 6.07 Å². The van der Waals surface area contributed by atoms with E-state index in [1.54, 1.807) is 0 Å². The zero-order valence-corrected chi connectivity index (χ0v) is 7.79. The van der Waals surface area contributed by atoms with Gasteiger partial charge in [0.25, 0.3) is 0 Å². The van der Waals surface area contributed by atoms with Gasteiger partial charge in [0.1, 0.15) is 10.7 Å². The normalized spacial score (nSPS) is 11.2. The molecule has 0 aromatic heterocycles. The molecular formula is C10H8N2S. The molecule has 0 aliphatic rings. The first-order valence-corrected chi connectivity index (χ1v) is 4.73. The minimum Gasteiger partial charge on any atom is -0.197 e. The molecule has 0 spiro atoms. The Kier molecular flexibility index (Phi) is 3.88. The Labute approximate surface area is 81.8 Å². The molecule has 0 unspecified atom stereocenters. The van der Waals surface area contributed by atoms with Crippen molar-refractivity contribution < 1.29 is 0 Å². The van der Waals surface area contributed by atoms with Crippen LogP contribution < -0.4 is 0 Å². The second-order valence-electron chi connectivity index (χ2n) is 2.52. The van der Waals surface area contributed by atoms with E-state index in [4.69, 9.17) is 10.5 Å². The smallest absolute Gasteiger partial charge is 0.134 e. The Hall–Kier alpha value is -1.45. The standard InChI is InChI=1S/C10H8N2S/c11-7-10(13-8-12)6-9-4-2-1-3-5-9/h1-5,10H,6H2/t10-/m0/s1. The van der Waals surface area contributed by atoms with Gasteiger partial charge in [-0.2, -0.15) is 10.5 Å². The van der Waals surface area contributed by atoms with Crippen molar-refractivity contribution in [3.63, 3.8) is 0 Å². The van der Waals surface area contributed by atoms with E-state index in [1.807, 2.05) is 35.7 Å². The molecule has 0 aliphatic carbocycles. The van der Waals surface area contributed by atoms with Gasteiger partial charge in [0, 0.05) is 0 Å². The average molecular weight is 188 g/mol. The first kappa shape index (κ1) is 9.64. The second kappa shape index (κ2) is 5.24.